The molecule has 0 atom stereocenters. The summed E-state index contributed by atoms with van der Waals surface area (Å²) < 4.78 is 5.66. The third-order valence-corrected chi connectivity index (χ3v) is 3.91. The highest BCUT2D eigenvalue weighted by molar-refractivity contribution is 6.01. The van der Waals surface area contributed by atoms with E-state index < -0.39 is 0 Å². The van der Waals surface area contributed by atoms with Crippen molar-refractivity contribution in [3.05, 3.63) is 42.0 Å². The molecule has 2 rings (SSSR count). The minimum Gasteiger partial charge on any atom is -0.483 e. The number of amides is 3. The van der Waals surface area contributed by atoms with Crippen LogP contribution in [0.15, 0.2) is 36.4 Å². The molecule has 150 valence electrons. The Labute approximate surface area is 164 Å². The van der Waals surface area contributed by atoms with Gasteiger partial charge in [-0.15, -0.1) is 0 Å². The number of nitrogens with one attached hydrogen (secondary N) is 3. The lowest BCUT2D eigenvalue weighted by molar-refractivity contribution is -0.123. The molecule has 7 nitrogen and oxygen atoms in total. The Hall–Kier alpha value is -3.09. The molecule has 3 amide bonds. The Kier molecular flexibility index (Phi) is 7.80. The molecular formula is C21H27N3O4. The Morgan fingerprint density at radius 2 is 1.64 bits per heavy atom. The van der Waals surface area contributed by atoms with E-state index in [0.717, 1.165) is 10.8 Å². The van der Waals surface area contributed by atoms with Crippen LogP contribution in [0.1, 0.15) is 37.6 Å². The zero-order valence-electron chi connectivity index (χ0n) is 16.5. The standard InChI is InChI=1S/C21H27N3O4/c1-14(2)24-20(26)13-28-19-12-17-8-5-4-7-16(17)11-18(19)21(27)23-10-6-9-22-15(3)25/h4-5,7-8,11-12,14H,6,9-10,13H2,1-3H3,(H,22,25)(H,23,27)(H,24,26). The van der Waals surface area contributed by atoms with Crippen LogP contribution in [0.3, 0.4) is 0 Å². The van der Waals surface area contributed by atoms with Gasteiger partial charge in [-0.1, -0.05) is 24.3 Å². The predicted molar refractivity (Wildman–Crippen MR) is 108 cm³/mol. The number of fused-ring (bicyclic) bond motifs is 1. The van der Waals surface area contributed by atoms with Crippen LogP contribution in [-0.4, -0.2) is 43.5 Å². The van der Waals surface area contributed by atoms with Crippen molar-refractivity contribution < 1.29 is 19.1 Å². The fourth-order valence-electron chi connectivity index (χ4n) is 2.67. The second-order valence-electron chi connectivity index (χ2n) is 6.80. The van der Waals surface area contributed by atoms with Crippen LogP contribution in [0.4, 0.5) is 0 Å². The number of hydrogen-bond donors (Lipinski definition) is 3. The first-order valence-electron chi connectivity index (χ1n) is 9.34. The van der Waals surface area contributed by atoms with E-state index in [9.17, 15) is 14.4 Å². The first kappa shape index (κ1) is 21.2. The van der Waals surface area contributed by atoms with Gasteiger partial charge in [0, 0.05) is 26.1 Å². The third kappa shape index (κ3) is 6.57. The molecule has 0 aromatic heterocycles. The summed E-state index contributed by atoms with van der Waals surface area (Å²) in [5.41, 5.74) is 0.371. The molecule has 2 aromatic carbocycles. The fraction of sp³-hybridized carbons (Fsp3) is 0.381. The maximum atomic E-state index is 12.6. The molecule has 0 unspecified atom stereocenters. The van der Waals surface area contributed by atoms with Gasteiger partial charge < -0.3 is 20.7 Å². The van der Waals surface area contributed by atoms with Crippen molar-refractivity contribution in [2.75, 3.05) is 19.7 Å². The van der Waals surface area contributed by atoms with Crippen LogP contribution in [0.2, 0.25) is 0 Å². The highest BCUT2D eigenvalue weighted by Crippen LogP contribution is 2.26. The van der Waals surface area contributed by atoms with Crippen molar-refractivity contribution in [2.24, 2.45) is 0 Å². The largest absolute Gasteiger partial charge is 0.483 e. The highest BCUT2D eigenvalue weighted by atomic mass is 16.5. The molecule has 0 fully saturated rings. The Morgan fingerprint density at radius 3 is 2.29 bits per heavy atom. The van der Waals surface area contributed by atoms with Gasteiger partial charge in [0.15, 0.2) is 6.61 Å². The average molecular weight is 385 g/mol. The summed E-state index contributed by atoms with van der Waals surface area (Å²) >= 11 is 0. The predicted octanol–water partition coefficient (Wildman–Crippen LogP) is 2.00. The van der Waals surface area contributed by atoms with E-state index in [1.54, 1.807) is 12.1 Å². The highest BCUT2D eigenvalue weighted by Gasteiger charge is 2.15. The second-order valence-corrected chi connectivity index (χ2v) is 6.80. The zero-order valence-corrected chi connectivity index (χ0v) is 16.5. The topological polar surface area (TPSA) is 96.5 Å². The second kappa shape index (κ2) is 10.3. The monoisotopic (exact) mass is 385 g/mol. The fourth-order valence-corrected chi connectivity index (χ4v) is 2.67. The van der Waals surface area contributed by atoms with Gasteiger partial charge in [0.25, 0.3) is 11.8 Å². The number of rotatable bonds is 9. The van der Waals surface area contributed by atoms with Gasteiger partial charge in [-0.2, -0.15) is 0 Å². The molecule has 0 heterocycles. The van der Waals surface area contributed by atoms with Crippen molar-refractivity contribution in [3.8, 4) is 5.75 Å². The van der Waals surface area contributed by atoms with E-state index >= 15 is 0 Å². The summed E-state index contributed by atoms with van der Waals surface area (Å²) in [5.74, 6) is -0.272. The maximum absolute atomic E-state index is 12.6. The average Bonchev–Trinajstić information content (AvgIpc) is 2.64. The third-order valence-electron chi connectivity index (χ3n) is 3.91. The van der Waals surface area contributed by atoms with Gasteiger partial charge >= 0.3 is 0 Å². The Balaban J connectivity index is 2.11. The van der Waals surface area contributed by atoms with Crippen molar-refractivity contribution in [1.29, 1.82) is 0 Å². The zero-order chi connectivity index (χ0) is 20.5. The van der Waals surface area contributed by atoms with Gasteiger partial charge in [-0.25, -0.2) is 0 Å². The number of ether oxygens (including phenoxy) is 1. The number of carbonyl (C=O) groups is 3. The SMILES string of the molecule is CC(=O)NCCCNC(=O)c1cc2ccccc2cc1OCC(=O)NC(C)C. The summed E-state index contributed by atoms with van der Waals surface area (Å²) in [4.78, 5) is 35.4. The molecule has 0 aliphatic rings. The molecular weight excluding hydrogens is 358 g/mol. The van der Waals surface area contributed by atoms with Gasteiger partial charge in [0.1, 0.15) is 5.75 Å². The number of carbonyl (C=O) groups excluding carboxylic acids is 3. The van der Waals surface area contributed by atoms with E-state index in [1.807, 2.05) is 38.1 Å². The molecule has 3 N–H and O–H groups in total. The van der Waals surface area contributed by atoms with E-state index in [-0.39, 0.29) is 30.4 Å². The minimum atomic E-state index is -0.284. The molecule has 0 aliphatic carbocycles. The van der Waals surface area contributed by atoms with Crippen LogP contribution in [0.25, 0.3) is 10.8 Å². The van der Waals surface area contributed by atoms with Gasteiger partial charge in [-0.3, -0.25) is 14.4 Å². The van der Waals surface area contributed by atoms with Crippen molar-refractivity contribution >= 4 is 28.5 Å². The minimum absolute atomic E-state index is 0.0130. The normalized spacial score (nSPS) is 10.6. The first-order chi connectivity index (χ1) is 13.4. The summed E-state index contributed by atoms with van der Waals surface area (Å²) in [5, 5.41) is 10.1. The van der Waals surface area contributed by atoms with Gasteiger partial charge in [0.2, 0.25) is 5.91 Å². The molecule has 0 aliphatic heterocycles. The van der Waals surface area contributed by atoms with Crippen molar-refractivity contribution in [2.45, 2.75) is 33.2 Å². The van der Waals surface area contributed by atoms with Crippen LogP contribution in [0, 0.1) is 0 Å². The maximum Gasteiger partial charge on any atom is 0.258 e. The molecule has 2 aromatic rings. The van der Waals surface area contributed by atoms with Crippen LogP contribution in [0.5, 0.6) is 5.75 Å². The summed E-state index contributed by atoms with van der Waals surface area (Å²) in [7, 11) is 0. The summed E-state index contributed by atoms with van der Waals surface area (Å²) in [6.07, 6.45) is 0.617. The number of hydrogen-bond acceptors (Lipinski definition) is 4. The lowest BCUT2D eigenvalue weighted by Crippen LogP contribution is -2.34. The smallest absolute Gasteiger partial charge is 0.258 e. The lowest BCUT2D eigenvalue weighted by Gasteiger charge is -2.14. The van der Waals surface area contributed by atoms with E-state index in [4.69, 9.17) is 4.74 Å². The van der Waals surface area contributed by atoms with Crippen LogP contribution in [-0.2, 0) is 9.59 Å². The Bertz CT molecular complexity index is 849. The van der Waals surface area contributed by atoms with Crippen molar-refractivity contribution in [3.63, 3.8) is 0 Å². The molecule has 0 radical (unpaired) electrons. The Morgan fingerprint density at radius 1 is 1.00 bits per heavy atom. The molecule has 28 heavy (non-hydrogen) atoms. The lowest BCUT2D eigenvalue weighted by atomic mass is 10.1. The van der Waals surface area contributed by atoms with Crippen molar-refractivity contribution in [1.82, 2.24) is 16.0 Å². The number of benzene rings is 2. The van der Waals surface area contributed by atoms with E-state index in [0.29, 0.717) is 30.8 Å². The van der Waals surface area contributed by atoms with Gasteiger partial charge in [-0.05, 0) is 43.2 Å². The first-order valence-corrected chi connectivity index (χ1v) is 9.34. The van der Waals surface area contributed by atoms with Gasteiger partial charge in [0.05, 0.1) is 5.56 Å². The molecule has 0 saturated heterocycles. The molecule has 0 saturated carbocycles. The molecule has 0 bridgehead atoms. The quantitative estimate of drug-likeness (QED) is 0.575. The molecule has 0 spiro atoms. The van der Waals surface area contributed by atoms with Crippen LogP contribution >= 0.6 is 0 Å². The van der Waals surface area contributed by atoms with Crippen LogP contribution < -0.4 is 20.7 Å². The summed E-state index contributed by atoms with van der Waals surface area (Å²) in [6.45, 7) is 5.93. The molecule has 7 heteroatoms. The van der Waals surface area contributed by atoms with E-state index in [2.05, 4.69) is 16.0 Å². The summed E-state index contributed by atoms with van der Waals surface area (Å²) in [6, 6.07) is 11.2. The van der Waals surface area contributed by atoms with E-state index in [1.165, 1.54) is 6.92 Å².